The second kappa shape index (κ2) is 7.75. The lowest BCUT2D eigenvalue weighted by atomic mass is 9.94. The molecule has 0 aliphatic carbocycles. The summed E-state index contributed by atoms with van der Waals surface area (Å²) in [5.74, 6) is -0.819. The average Bonchev–Trinajstić information content (AvgIpc) is 3.43. The highest BCUT2D eigenvalue weighted by Gasteiger charge is 2.39. The summed E-state index contributed by atoms with van der Waals surface area (Å²) in [7, 11) is 0. The minimum Gasteiger partial charge on any atom is -0.390 e. The highest BCUT2D eigenvalue weighted by atomic mass is 32.1. The number of hydrogen-bond donors (Lipinski definition) is 2. The Morgan fingerprint density at radius 1 is 1.14 bits per heavy atom. The Labute approximate surface area is 207 Å². The Hall–Kier alpha value is -3.50. The van der Waals surface area contributed by atoms with Gasteiger partial charge < -0.3 is 20.5 Å². The molecule has 0 saturated carbocycles. The summed E-state index contributed by atoms with van der Waals surface area (Å²) in [6.45, 7) is 3.13. The number of likely N-dealkylation sites (tertiary alicyclic amines) is 1. The van der Waals surface area contributed by atoms with E-state index in [-0.39, 0.29) is 56.7 Å². The van der Waals surface area contributed by atoms with Crippen LogP contribution >= 0.6 is 11.3 Å². The first kappa shape index (κ1) is 21.8. The van der Waals surface area contributed by atoms with Crippen molar-refractivity contribution in [1.82, 2.24) is 19.9 Å². The smallest absolute Gasteiger partial charge is 0.226 e. The zero-order valence-electron chi connectivity index (χ0n) is 18.8. The summed E-state index contributed by atoms with van der Waals surface area (Å²) in [5, 5.41) is 20.2. The van der Waals surface area contributed by atoms with Gasteiger partial charge >= 0.3 is 0 Å². The number of ether oxygens (including phenoxy) is 1. The number of rotatable bonds is 3. The summed E-state index contributed by atoms with van der Waals surface area (Å²) in [4.78, 5) is 17.5. The highest BCUT2D eigenvalue weighted by Crippen LogP contribution is 2.45. The molecular weight excluding hydrogens is 488 g/mol. The summed E-state index contributed by atoms with van der Waals surface area (Å²) < 4.78 is 36.7. The Balaban J connectivity index is 1.38. The van der Waals surface area contributed by atoms with E-state index in [0.717, 1.165) is 23.1 Å². The van der Waals surface area contributed by atoms with Gasteiger partial charge in [0.25, 0.3) is 0 Å². The predicted octanol–water partition coefficient (Wildman–Crippen LogP) is 2.53. The molecule has 2 fully saturated rings. The average molecular weight is 508 g/mol. The van der Waals surface area contributed by atoms with Crippen LogP contribution in [-0.4, -0.2) is 63.3 Å². The molecule has 0 amide bonds. The van der Waals surface area contributed by atoms with E-state index in [1.807, 2.05) is 11.0 Å². The fourth-order valence-corrected chi connectivity index (χ4v) is 6.25. The van der Waals surface area contributed by atoms with Gasteiger partial charge in [-0.2, -0.15) is 5.26 Å². The molecule has 7 rings (SSSR count). The molecule has 6 heterocycles. The molecule has 0 atom stereocenters. The van der Waals surface area contributed by atoms with Crippen LogP contribution in [0.25, 0.3) is 32.2 Å². The van der Waals surface area contributed by atoms with E-state index in [9.17, 15) is 14.8 Å². The number of nitrogens with two attached hydrogens (primary N) is 1. The topological polar surface area (TPSA) is 124 Å². The predicted molar refractivity (Wildman–Crippen MR) is 129 cm³/mol. The minimum atomic E-state index is -0.618. The van der Waals surface area contributed by atoms with Crippen LogP contribution in [-0.2, 0) is 18.0 Å². The molecule has 2 saturated heterocycles. The van der Waals surface area contributed by atoms with E-state index >= 15 is 4.39 Å². The van der Waals surface area contributed by atoms with Crippen LogP contribution in [0, 0.1) is 23.0 Å². The summed E-state index contributed by atoms with van der Waals surface area (Å²) in [6, 6.07) is 2.33. The number of hydrogen-bond acceptors (Lipinski definition) is 10. The second-order valence-corrected chi connectivity index (χ2v) is 10.4. The molecule has 3 aliphatic heterocycles. The lowest BCUT2D eigenvalue weighted by Gasteiger charge is -2.50. The first-order valence-corrected chi connectivity index (χ1v) is 12.3. The molecule has 0 unspecified atom stereocenters. The zero-order chi connectivity index (χ0) is 24.7. The van der Waals surface area contributed by atoms with E-state index < -0.39 is 11.6 Å². The lowest BCUT2D eigenvalue weighted by molar-refractivity contribution is -0.0313. The third-order valence-electron chi connectivity index (χ3n) is 7.28. The largest absolute Gasteiger partial charge is 0.390 e. The van der Waals surface area contributed by atoms with E-state index in [1.54, 1.807) is 6.20 Å². The fraction of sp³-hybridized carbons (Fsp3) is 0.333. The molecule has 12 heteroatoms. The normalized spacial score (nSPS) is 18.4. The number of fused-ring (bicyclic) bond motifs is 4. The monoisotopic (exact) mass is 507 g/mol. The van der Waals surface area contributed by atoms with Crippen LogP contribution in [0.2, 0.25) is 0 Å². The molecule has 182 valence electrons. The molecule has 1 aromatic carbocycles. The van der Waals surface area contributed by atoms with Crippen molar-refractivity contribution in [3.63, 3.8) is 0 Å². The maximum atomic E-state index is 16.3. The number of thiophene rings is 1. The van der Waals surface area contributed by atoms with Crippen LogP contribution in [0.3, 0.4) is 0 Å². The number of β-amino-alcohol motifs (C(OH)–C–C–N with tert-alkyl or cyclic N) is 1. The number of pyridine rings is 1. The van der Waals surface area contributed by atoms with Crippen molar-refractivity contribution in [3.05, 3.63) is 40.7 Å². The molecule has 0 radical (unpaired) electrons. The van der Waals surface area contributed by atoms with Gasteiger partial charge in [-0.05, 0) is 11.1 Å². The van der Waals surface area contributed by atoms with Crippen molar-refractivity contribution in [2.24, 2.45) is 0 Å². The standard InChI is InChI=1S/C24H19F2N7O2S/c25-16-3-29-21(18-12(1-27)23(28)36-22(16)18)17-15-9-35-8-14(15)13-2-30-24(31-20(13)19(17)26)33-4-10(5-33)32-6-11(34)7-32/h2-3,10-11,34H,4-9,28H2. The zero-order valence-corrected chi connectivity index (χ0v) is 19.6. The van der Waals surface area contributed by atoms with Gasteiger partial charge in [0.05, 0.1) is 41.5 Å². The number of aliphatic hydroxyl groups is 1. The number of benzene rings is 1. The van der Waals surface area contributed by atoms with Gasteiger partial charge in [0.15, 0.2) is 11.6 Å². The van der Waals surface area contributed by atoms with Crippen molar-refractivity contribution in [1.29, 1.82) is 5.26 Å². The van der Waals surface area contributed by atoms with Crippen LogP contribution in [0.4, 0.5) is 19.7 Å². The number of nitrogen functional groups attached to an aromatic ring is 1. The Bertz CT molecular complexity index is 1620. The fourth-order valence-electron chi connectivity index (χ4n) is 5.33. The number of anilines is 2. The van der Waals surface area contributed by atoms with Gasteiger partial charge in [0, 0.05) is 54.8 Å². The number of nitrogens with zero attached hydrogens (tertiary/aromatic N) is 6. The van der Waals surface area contributed by atoms with Gasteiger partial charge in [0.1, 0.15) is 16.6 Å². The molecule has 0 spiro atoms. The number of aliphatic hydroxyl groups excluding tert-OH is 1. The first-order chi connectivity index (χ1) is 17.4. The lowest BCUT2D eigenvalue weighted by Crippen LogP contribution is -2.67. The quantitative estimate of drug-likeness (QED) is 0.430. The van der Waals surface area contributed by atoms with Crippen LogP contribution in [0.15, 0.2) is 12.4 Å². The van der Waals surface area contributed by atoms with E-state index in [2.05, 4.69) is 19.9 Å². The molecule has 4 aromatic rings. The number of aromatic nitrogens is 3. The summed E-state index contributed by atoms with van der Waals surface area (Å²) in [6.07, 6.45) is 2.38. The van der Waals surface area contributed by atoms with Gasteiger partial charge in [-0.25, -0.2) is 18.7 Å². The molecule has 3 N–H and O–H groups in total. The molecule has 9 nitrogen and oxygen atoms in total. The van der Waals surface area contributed by atoms with E-state index in [0.29, 0.717) is 49.1 Å². The summed E-state index contributed by atoms with van der Waals surface area (Å²) >= 11 is 0.942. The third kappa shape index (κ3) is 2.97. The minimum absolute atomic E-state index is 0.0790. The van der Waals surface area contributed by atoms with E-state index in [1.165, 1.54) is 0 Å². The molecular formula is C24H19F2N7O2S. The van der Waals surface area contributed by atoms with Crippen LogP contribution in [0.1, 0.15) is 16.7 Å². The second-order valence-electron chi connectivity index (χ2n) is 9.35. The maximum absolute atomic E-state index is 16.3. The van der Waals surface area contributed by atoms with E-state index in [4.69, 9.17) is 10.5 Å². The van der Waals surface area contributed by atoms with Crippen molar-refractivity contribution in [2.45, 2.75) is 25.4 Å². The number of nitriles is 1. The van der Waals surface area contributed by atoms with Crippen molar-refractivity contribution in [2.75, 3.05) is 36.8 Å². The van der Waals surface area contributed by atoms with Crippen molar-refractivity contribution < 1.29 is 18.6 Å². The molecule has 3 aliphatic rings. The maximum Gasteiger partial charge on any atom is 0.226 e. The SMILES string of the molecule is N#Cc1c(N)sc2c(F)cnc(-c3c4c(c5cnc(N6CC(N7CC(O)C7)C6)nc5c3F)COC4)c12. The summed E-state index contributed by atoms with van der Waals surface area (Å²) in [5.41, 5.74) is 7.84. The van der Waals surface area contributed by atoms with Crippen LogP contribution < -0.4 is 10.6 Å². The van der Waals surface area contributed by atoms with Gasteiger partial charge in [-0.3, -0.25) is 9.88 Å². The van der Waals surface area contributed by atoms with Crippen LogP contribution in [0.5, 0.6) is 0 Å². The Morgan fingerprint density at radius 2 is 1.92 bits per heavy atom. The Morgan fingerprint density at radius 3 is 2.67 bits per heavy atom. The molecule has 0 bridgehead atoms. The highest BCUT2D eigenvalue weighted by molar-refractivity contribution is 7.23. The van der Waals surface area contributed by atoms with Crippen molar-refractivity contribution >= 4 is 43.3 Å². The first-order valence-electron chi connectivity index (χ1n) is 11.5. The van der Waals surface area contributed by atoms with Gasteiger partial charge in [0.2, 0.25) is 5.95 Å². The van der Waals surface area contributed by atoms with Gasteiger partial charge in [-0.15, -0.1) is 11.3 Å². The Kier molecular flexibility index (Phi) is 4.68. The van der Waals surface area contributed by atoms with Gasteiger partial charge in [-0.1, -0.05) is 0 Å². The molecule has 3 aromatic heterocycles. The third-order valence-corrected chi connectivity index (χ3v) is 8.31. The number of halogens is 2. The molecule has 36 heavy (non-hydrogen) atoms. The van der Waals surface area contributed by atoms with Crippen molar-refractivity contribution in [3.8, 4) is 17.3 Å².